The van der Waals surface area contributed by atoms with Gasteiger partial charge in [-0.05, 0) is 25.0 Å². The highest BCUT2D eigenvalue weighted by atomic mass is 35.5. The van der Waals surface area contributed by atoms with Gasteiger partial charge in [-0.25, -0.2) is 4.98 Å². The molecular formula is C11H11ClN2S. The summed E-state index contributed by atoms with van der Waals surface area (Å²) in [5.74, 6) is 0. The summed E-state index contributed by atoms with van der Waals surface area (Å²) in [6.07, 6.45) is 2.62. The van der Waals surface area contributed by atoms with Crippen LogP contribution >= 0.6 is 22.9 Å². The van der Waals surface area contributed by atoms with E-state index in [1.807, 2.05) is 18.2 Å². The molecule has 3 rings (SSSR count). The first kappa shape index (κ1) is 9.58. The quantitative estimate of drug-likeness (QED) is 0.888. The van der Waals surface area contributed by atoms with Gasteiger partial charge in [0.05, 0.1) is 15.2 Å². The molecule has 0 bridgehead atoms. The highest BCUT2D eigenvalue weighted by molar-refractivity contribution is 7.19. The molecule has 0 atom stereocenters. The monoisotopic (exact) mass is 238 g/mol. The van der Waals surface area contributed by atoms with E-state index in [4.69, 9.17) is 11.6 Å². The zero-order valence-electron chi connectivity index (χ0n) is 8.16. The van der Waals surface area contributed by atoms with Crippen LogP contribution in [0, 0.1) is 0 Å². The van der Waals surface area contributed by atoms with Crippen LogP contribution in [-0.4, -0.2) is 11.0 Å². The molecule has 1 fully saturated rings. The van der Waals surface area contributed by atoms with E-state index in [-0.39, 0.29) is 0 Å². The fourth-order valence-corrected chi connectivity index (χ4v) is 2.76. The average Bonchev–Trinajstić information content (AvgIpc) is 2.95. The Labute approximate surface area is 97.3 Å². The number of hydrogen-bond acceptors (Lipinski definition) is 3. The van der Waals surface area contributed by atoms with Gasteiger partial charge in [-0.1, -0.05) is 17.7 Å². The molecule has 0 radical (unpaired) electrons. The van der Waals surface area contributed by atoms with Gasteiger partial charge in [0.25, 0.3) is 0 Å². The van der Waals surface area contributed by atoms with Crippen LogP contribution in [0.5, 0.6) is 0 Å². The van der Waals surface area contributed by atoms with Crippen molar-refractivity contribution >= 4 is 33.2 Å². The molecule has 0 amide bonds. The lowest BCUT2D eigenvalue weighted by Crippen LogP contribution is -2.14. The lowest BCUT2D eigenvalue weighted by atomic mass is 10.3. The zero-order valence-corrected chi connectivity index (χ0v) is 9.74. The van der Waals surface area contributed by atoms with E-state index in [1.54, 1.807) is 11.3 Å². The lowest BCUT2D eigenvalue weighted by molar-refractivity contribution is 0.685. The highest BCUT2D eigenvalue weighted by Crippen LogP contribution is 2.29. The van der Waals surface area contributed by atoms with Crippen molar-refractivity contribution in [2.45, 2.75) is 25.4 Å². The number of halogens is 1. The third-order valence-corrected chi connectivity index (χ3v) is 4.06. The van der Waals surface area contributed by atoms with E-state index in [9.17, 15) is 0 Å². The lowest BCUT2D eigenvalue weighted by Gasteiger charge is -1.96. The fraction of sp³-hybridized carbons (Fsp3) is 0.364. The standard InChI is InChI=1S/C11H11ClN2S/c12-8-2-1-3-9-11(8)15-10(14-9)6-13-7-4-5-7/h1-3,7,13H,4-6H2. The Bertz CT molecular complexity index is 490. The van der Waals surface area contributed by atoms with Gasteiger partial charge in [0.15, 0.2) is 0 Å². The Morgan fingerprint density at radius 3 is 3.07 bits per heavy atom. The third-order valence-electron chi connectivity index (χ3n) is 2.53. The van der Waals surface area contributed by atoms with Crippen molar-refractivity contribution in [2.75, 3.05) is 0 Å². The van der Waals surface area contributed by atoms with Crippen molar-refractivity contribution < 1.29 is 0 Å². The van der Waals surface area contributed by atoms with Crippen molar-refractivity contribution in [1.29, 1.82) is 0 Å². The summed E-state index contributed by atoms with van der Waals surface area (Å²) in [5.41, 5.74) is 1.01. The maximum absolute atomic E-state index is 6.10. The second-order valence-electron chi connectivity index (χ2n) is 3.85. The summed E-state index contributed by atoms with van der Waals surface area (Å²) in [4.78, 5) is 4.54. The van der Waals surface area contributed by atoms with Gasteiger partial charge in [0.1, 0.15) is 5.01 Å². The molecular weight excluding hydrogens is 228 g/mol. The summed E-state index contributed by atoms with van der Waals surface area (Å²) in [5, 5.41) is 5.40. The molecule has 0 saturated heterocycles. The van der Waals surface area contributed by atoms with Crippen molar-refractivity contribution in [1.82, 2.24) is 10.3 Å². The normalized spacial score (nSPS) is 16.1. The van der Waals surface area contributed by atoms with E-state index in [2.05, 4.69) is 10.3 Å². The van der Waals surface area contributed by atoms with Crippen LogP contribution in [-0.2, 0) is 6.54 Å². The SMILES string of the molecule is Clc1cccc2nc(CNC3CC3)sc12. The molecule has 1 aliphatic rings. The van der Waals surface area contributed by atoms with E-state index in [0.29, 0.717) is 0 Å². The first-order valence-corrected chi connectivity index (χ1v) is 6.30. The molecule has 0 unspecified atom stereocenters. The van der Waals surface area contributed by atoms with Gasteiger partial charge in [-0.3, -0.25) is 0 Å². The van der Waals surface area contributed by atoms with Gasteiger partial charge in [0, 0.05) is 12.6 Å². The van der Waals surface area contributed by atoms with Crippen molar-refractivity contribution in [2.24, 2.45) is 0 Å². The highest BCUT2D eigenvalue weighted by Gasteiger charge is 2.20. The smallest absolute Gasteiger partial charge is 0.108 e. The van der Waals surface area contributed by atoms with Crippen LogP contribution in [0.3, 0.4) is 0 Å². The Morgan fingerprint density at radius 1 is 1.47 bits per heavy atom. The number of nitrogens with one attached hydrogen (secondary N) is 1. The van der Waals surface area contributed by atoms with E-state index in [0.717, 1.165) is 32.8 Å². The fourth-order valence-electron chi connectivity index (χ4n) is 1.56. The van der Waals surface area contributed by atoms with Crippen LogP contribution < -0.4 is 5.32 Å². The van der Waals surface area contributed by atoms with Crippen LogP contribution in [0.4, 0.5) is 0 Å². The summed E-state index contributed by atoms with van der Waals surface area (Å²) in [6.45, 7) is 0.875. The second kappa shape index (κ2) is 3.74. The largest absolute Gasteiger partial charge is 0.308 e. The first-order valence-electron chi connectivity index (χ1n) is 5.10. The van der Waals surface area contributed by atoms with Crippen LogP contribution in [0.2, 0.25) is 5.02 Å². The van der Waals surface area contributed by atoms with Crippen molar-refractivity contribution in [3.63, 3.8) is 0 Å². The van der Waals surface area contributed by atoms with Crippen molar-refractivity contribution in [3.8, 4) is 0 Å². The molecule has 1 N–H and O–H groups in total. The topological polar surface area (TPSA) is 24.9 Å². The molecule has 15 heavy (non-hydrogen) atoms. The zero-order chi connectivity index (χ0) is 10.3. The van der Waals surface area contributed by atoms with E-state index < -0.39 is 0 Å². The number of hydrogen-bond donors (Lipinski definition) is 1. The van der Waals surface area contributed by atoms with E-state index in [1.165, 1.54) is 12.8 Å². The van der Waals surface area contributed by atoms with E-state index >= 15 is 0 Å². The number of fused-ring (bicyclic) bond motifs is 1. The Balaban J connectivity index is 1.88. The van der Waals surface area contributed by atoms with Gasteiger partial charge in [-0.15, -0.1) is 11.3 Å². The molecule has 4 heteroatoms. The Hall–Kier alpha value is -0.640. The molecule has 1 saturated carbocycles. The molecule has 1 aromatic heterocycles. The first-order chi connectivity index (χ1) is 7.33. The second-order valence-corrected chi connectivity index (χ2v) is 5.34. The average molecular weight is 239 g/mol. The predicted octanol–water partition coefficient (Wildman–Crippen LogP) is 3.20. The number of benzene rings is 1. The molecule has 2 nitrogen and oxygen atoms in total. The number of aromatic nitrogens is 1. The summed E-state index contributed by atoms with van der Waals surface area (Å²) in [6, 6.07) is 6.61. The van der Waals surface area contributed by atoms with Crippen LogP contribution in [0.25, 0.3) is 10.2 Å². The number of rotatable bonds is 3. The van der Waals surface area contributed by atoms with Gasteiger partial charge in [-0.2, -0.15) is 0 Å². The number of nitrogens with zero attached hydrogens (tertiary/aromatic N) is 1. The molecule has 2 aromatic rings. The molecule has 0 aliphatic heterocycles. The van der Waals surface area contributed by atoms with Gasteiger partial charge in [0.2, 0.25) is 0 Å². The van der Waals surface area contributed by atoms with Gasteiger partial charge >= 0.3 is 0 Å². The Kier molecular flexibility index (Phi) is 2.39. The van der Waals surface area contributed by atoms with Crippen LogP contribution in [0.1, 0.15) is 17.8 Å². The molecule has 1 aliphatic carbocycles. The van der Waals surface area contributed by atoms with Crippen molar-refractivity contribution in [3.05, 3.63) is 28.2 Å². The maximum Gasteiger partial charge on any atom is 0.108 e. The Morgan fingerprint density at radius 2 is 2.33 bits per heavy atom. The minimum Gasteiger partial charge on any atom is -0.308 e. The predicted molar refractivity (Wildman–Crippen MR) is 64.5 cm³/mol. The summed E-state index contributed by atoms with van der Waals surface area (Å²) in [7, 11) is 0. The minimum atomic E-state index is 0.729. The molecule has 78 valence electrons. The molecule has 0 spiro atoms. The van der Waals surface area contributed by atoms with Gasteiger partial charge < -0.3 is 5.32 Å². The number of thiazole rings is 1. The molecule has 1 heterocycles. The minimum absolute atomic E-state index is 0.729. The third kappa shape index (κ3) is 2.00. The summed E-state index contributed by atoms with van der Waals surface area (Å²) >= 11 is 7.78. The van der Waals surface area contributed by atoms with Crippen LogP contribution in [0.15, 0.2) is 18.2 Å². The summed E-state index contributed by atoms with van der Waals surface area (Å²) < 4.78 is 1.10. The maximum atomic E-state index is 6.10. The molecule has 1 aromatic carbocycles.